The van der Waals surface area contributed by atoms with Crippen molar-refractivity contribution in [3.05, 3.63) is 57.2 Å². The molecule has 0 radical (unpaired) electrons. The van der Waals surface area contributed by atoms with E-state index in [0.29, 0.717) is 21.8 Å². The Morgan fingerprint density at radius 1 is 1.32 bits per heavy atom. The minimum Gasteiger partial charge on any atom is -0.467 e. The Labute approximate surface area is 175 Å². The van der Waals surface area contributed by atoms with Crippen LogP contribution in [0.3, 0.4) is 0 Å². The lowest BCUT2D eigenvalue weighted by atomic mass is 10.2. The molecule has 0 aliphatic carbocycles. The van der Waals surface area contributed by atoms with Gasteiger partial charge in [-0.05, 0) is 50.1 Å². The van der Waals surface area contributed by atoms with Gasteiger partial charge in [-0.15, -0.1) is 0 Å². The number of halogens is 1. The third kappa shape index (κ3) is 3.89. The molecule has 2 aromatic heterocycles. The van der Waals surface area contributed by atoms with Crippen molar-refractivity contribution in [1.29, 1.82) is 0 Å². The summed E-state index contributed by atoms with van der Waals surface area (Å²) in [4.78, 5) is 32.5. The predicted molar refractivity (Wildman–Crippen MR) is 113 cm³/mol. The first-order chi connectivity index (χ1) is 13.5. The van der Waals surface area contributed by atoms with E-state index in [4.69, 9.17) is 9.40 Å². The highest BCUT2D eigenvalue weighted by molar-refractivity contribution is 9.10. The minimum atomic E-state index is -0.319. The second-order valence-electron chi connectivity index (χ2n) is 6.82. The molecule has 1 atom stereocenters. The van der Waals surface area contributed by atoms with E-state index in [1.807, 2.05) is 30.0 Å². The van der Waals surface area contributed by atoms with Gasteiger partial charge in [-0.3, -0.25) is 14.2 Å². The third-order valence-corrected chi connectivity index (χ3v) is 6.39. The Balaban J connectivity index is 1.73. The zero-order valence-electron chi connectivity index (χ0n) is 15.4. The fraction of sp³-hybridized carbons (Fsp3) is 0.350. The van der Waals surface area contributed by atoms with Gasteiger partial charge in [0.05, 0.1) is 29.0 Å². The molecule has 6 nitrogen and oxygen atoms in total. The number of benzene rings is 1. The smallest absolute Gasteiger partial charge is 0.262 e. The lowest BCUT2D eigenvalue weighted by molar-refractivity contribution is -0.129. The summed E-state index contributed by atoms with van der Waals surface area (Å²) in [5.74, 6) is 0.760. The van der Waals surface area contributed by atoms with Crippen molar-refractivity contribution >= 4 is 44.5 Å². The maximum Gasteiger partial charge on any atom is 0.262 e. The molecule has 1 fully saturated rings. The van der Waals surface area contributed by atoms with Crippen molar-refractivity contribution < 1.29 is 9.21 Å². The molecular formula is C20H20BrN3O3S. The van der Waals surface area contributed by atoms with Gasteiger partial charge in [-0.2, -0.15) is 0 Å². The van der Waals surface area contributed by atoms with Crippen LogP contribution in [-0.4, -0.2) is 38.7 Å². The molecular weight excluding hydrogens is 442 g/mol. The van der Waals surface area contributed by atoms with Gasteiger partial charge in [0.1, 0.15) is 5.76 Å². The van der Waals surface area contributed by atoms with E-state index < -0.39 is 0 Å². The fourth-order valence-corrected chi connectivity index (χ4v) is 4.72. The van der Waals surface area contributed by atoms with Crippen LogP contribution in [0.5, 0.6) is 0 Å². The Bertz CT molecular complexity index is 1060. The topological polar surface area (TPSA) is 68.3 Å². The highest BCUT2D eigenvalue weighted by Gasteiger charge is 2.26. The molecule has 1 aliphatic heterocycles. The van der Waals surface area contributed by atoms with Crippen molar-refractivity contribution in [1.82, 2.24) is 14.5 Å². The molecule has 146 valence electrons. The Morgan fingerprint density at radius 2 is 2.11 bits per heavy atom. The molecule has 1 saturated heterocycles. The van der Waals surface area contributed by atoms with E-state index in [-0.39, 0.29) is 23.3 Å². The van der Waals surface area contributed by atoms with Gasteiger partial charge < -0.3 is 9.32 Å². The number of carbonyl (C=O) groups excluding carboxylic acids is 1. The largest absolute Gasteiger partial charge is 0.467 e. The van der Waals surface area contributed by atoms with Crippen molar-refractivity contribution in [2.45, 2.75) is 36.7 Å². The van der Waals surface area contributed by atoms with Gasteiger partial charge in [0.25, 0.3) is 5.56 Å². The number of fused-ring (bicyclic) bond motifs is 1. The highest BCUT2D eigenvalue weighted by atomic mass is 79.9. The summed E-state index contributed by atoms with van der Waals surface area (Å²) < 4.78 is 7.85. The molecule has 0 saturated carbocycles. The SMILES string of the molecule is C[C@H](Sc1nc2ccc(Br)cc2c(=O)n1Cc1ccco1)C(=O)N1CCCC1. The summed E-state index contributed by atoms with van der Waals surface area (Å²) in [7, 11) is 0. The number of likely N-dealkylation sites (tertiary alicyclic amines) is 1. The Kier molecular flexibility index (Phi) is 5.59. The summed E-state index contributed by atoms with van der Waals surface area (Å²) >= 11 is 4.74. The molecule has 0 unspecified atom stereocenters. The van der Waals surface area contributed by atoms with Crippen LogP contribution in [0.1, 0.15) is 25.5 Å². The van der Waals surface area contributed by atoms with E-state index in [1.165, 1.54) is 11.8 Å². The normalized spacial score (nSPS) is 15.3. The number of carbonyl (C=O) groups is 1. The molecule has 3 aromatic rings. The Hall–Kier alpha value is -2.06. The fourth-order valence-electron chi connectivity index (χ4n) is 3.36. The monoisotopic (exact) mass is 461 g/mol. The molecule has 1 aromatic carbocycles. The molecule has 4 rings (SSSR count). The summed E-state index contributed by atoms with van der Waals surface area (Å²) in [6, 6.07) is 9.06. The quantitative estimate of drug-likeness (QED) is 0.425. The van der Waals surface area contributed by atoms with Gasteiger partial charge in [0.2, 0.25) is 5.91 Å². The Morgan fingerprint density at radius 3 is 2.82 bits per heavy atom. The van der Waals surface area contributed by atoms with E-state index in [2.05, 4.69) is 15.9 Å². The molecule has 0 spiro atoms. The predicted octanol–water partition coefficient (Wildman–Crippen LogP) is 3.90. The molecule has 3 heterocycles. The molecule has 1 aliphatic rings. The molecule has 0 N–H and O–H groups in total. The number of aromatic nitrogens is 2. The van der Waals surface area contributed by atoms with Crippen molar-refractivity contribution in [2.24, 2.45) is 0 Å². The lowest BCUT2D eigenvalue weighted by Gasteiger charge is -2.21. The van der Waals surface area contributed by atoms with E-state index in [1.54, 1.807) is 23.0 Å². The maximum atomic E-state index is 13.2. The van der Waals surface area contributed by atoms with Crippen LogP contribution in [0.2, 0.25) is 0 Å². The van der Waals surface area contributed by atoms with Crippen LogP contribution >= 0.6 is 27.7 Å². The van der Waals surface area contributed by atoms with E-state index in [0.717, 1.165) is 30.4 Å². The highest BCUT2D eigenvalue weighted by Crippen LogP contribution is 2.26. The zero-order valence-corrected chi connectivity index (χ0v) is 17.8. The van der Waals surface area contributed by atoms with Gasteiger partial charge in [0, 0.05) is 17.6 Å². The number of hydrogen-bond acceptors (Lipinski definition) is 5. The number of rotatable bonds is 5. The first-order valence-corrected chi connectivity index (χ1v) is 10.9. The number of nitrogens with zero attached hydrogens (tertiary/aromatic N) is 3. The average Bonchev–Trinajstić information content (AvgIpc) is 3.39. The molecule has 0 bridgehead atoms. The van der Waals surface area contributed by atoms with Crippen LogP contribution in [0.25, 0.3) is 10.9 Å². The summed E-state index contributed by atoms with van der Waals surface area (Å²) in [5.41, 5.74) is 0.471. The van der Waals surface area contributed by atoms with Crippen molar-refractivity contribution in [3.63, 3.8) is 0 Å². The first-order valence-electron chi connectivity index (χ1n) is 9.21. The number of hydrogen-bond donors (Lipinski definition) is 0. The summed E-state index contributed by atoms with van der Waals surface area (Å²) in [5, 5.41) is 0.737. The van der Waals surface area contributed by atoms with Gasteiger partial charge in [-0.25, -0.2) is 4.98 Å². The van der Waals surface area contributed by atoms with Gasteiger partial charge in [0.15, 0.2) is 5.16 Å². The summed E-state index contributed by atoms with van der Waals surface area (Å²) in [6.45, 7) is 3.76. The molecule has 28 heavy (non-hydrogen) atoms. The van der Waals surface area contributed by atoms with Crippen molar-refractivity contribution in [2.75, 3.05) is 13.1 Å². The standard InChI is InChI=1S/C20H20BrN3O3S/c1-13(18(25)23-8-2-3-9-23)28-20-22-17-7-6-14(21)11-16(17)19(26)24(20)12-15-5-4-10-27-15/h4-7,10-11,13H,2-3,8-9,12H2,1H3/t13-/m0/s1. The molecule has 1 amide bonds. The zero-order chi connectivity index (χ0) is 19.7. The maximum absolute atomic E-state index is 13.2. The van der Waals surface area contributed by atoms with Crippen LogP contribution in [-0.2, 0) is 11.3 Å². The minimum absolute atomic E-state index is 0.0946. The van der Waals surface area contributed by atoms with Crippen molar-refractivity contribution in [3.8, 4) is 0 Å². The first kappa shape index (κ1) is 19.3. The number of furan rings is 1. The second-order valence-corrected chi connectivity index (χ2v) is 9.04. The van der Waals surface area contributed by atoms with E-state index >= 15 is 0 Å². The van der Waals surface area contributed by atoms with E-state index in [9.17, 15) is 9.59 Å². The van der Waals surface area contributed by atoms with Gasteiger partial charge >= 0.3 is 0 Å². The van der Waals surface area contributed by atoms with Crippen LogP contribution in [0.4, 0.5) is 0 Å². The molecule has 8 heteroatoms. The number of thioether (sulfide) groups is 1. The number of amides is 1. The van der Waals surface area contributed by atoms with Gasteiger partial charge in [-0.1, -0.05) is 27.7 Å². The van der Waals surface area contributed by atoms with Crippen LogP contribution < -0.4 is 5.56 Å². The summed E-state index contributed by atoms with van der Waals surface area (Å²) in [6.07, 6.45) is 3.68. The second kappa shape index (κ2) is 8.13. The lowest BCUT2D eigenvalue weighted by Crippen LogP contribution is -2.34. The average molecular weight is 462 g/mol. The van der Waals surface area contributed by atoms with Crippen LogP contribution in [0.15, 0.2) is 55.4 Å². The van der Waals surface area contributed by atoms with Crippen LogP contribution in [0, 0.1) is 0 Å². The third-order valence-electron chi connectivity index (χ3n) is 4.82.